The van der Waals surface area contributed by atoms with Crippen LogP contribution in [0.2, 0.25) is 0 Å². The normalized spacial score (nSPS) is 21.7. The molecular formula is C16H23N3O3. The lowest BCUT2D eigenvalue weighted by Gasteiger charge is -2.35. The van der Waals surface area contributed by atoms with Crippen molar-refractivity contribution in [1.82, 2.24) is 14.9 Å². The zero-order valence-corrected chi connectivity index (χ0v) is 12.9. The number of hydrogen-bond acceptors (Lipinski definition) is 3. The molecule has 1 fully saturated rings. The third-order valence-electron chi connectivity index (χ3n) is 4.93. The largest absolute Gasteiger partial charge is 0.347 e. The number of nitrogens with zero attached hydrogens (tertiary/aromatic N) is 2. The number of hydroxylamine groups is 1. The van der Waals surface area contributed by atoms with Crippen LogP contribution in [0.1, 0.15) is 55.1 Å². The Morgan fingerprint density at radius 2 is 2.09 bits per heavy atom. The topological polar surface area (TPSA) is 74.6 Å². The Kier molecular flexibility index (Phi) is 4.20. The van der Waals surface area contributed by atoms with Gasteiger partial charge in [-0.2, -0.15) is 0 Å². The first kappa shape index (κ1) is 15.1. The fraction of sp³-hybridized carbons (Fsp3) is 0.625. The molecule has 1 saturated carbocycles. The van der Waals surface area contributed by atoms with Crippen LogP contribution in [0.25, 0.3) is 0 Å². The van der Waals surface area contributed by atoms with Gasteiger partial charge < -0.3 is 9.47 Å². The average Bonchev–Trinajstić information content (AvgIpc) is 3.14. The molecule has 3 rings (SSSR count). The van der Waals surface area contributed by atoms with Gasteiger partial charge in [0.25, 0.3) is 5.91 Å². The molecule has 2 amide bonds. The van der Waals surface area contributed by atoms with Crippen molar-refractivity contribution in [3.63, 3.8) is 0 Å². The molecule has 1 unspecified atom stereocenters. The molecule has 1 aromatic heterocycles. The monoisotopic (exact) mass is 305 g/mol. The van der Waals surface area contributed by atoms with Crippen molar-refractivity contribution in [2.75, 3.05) is 0 Å². The van der Waals surface area contributed by atoms with Gasteiger partial charge in [-0.1, -0.05) is 12.8 Å². The molecule has 1 aliphatic carbocycles. The van der Waals surface area contributed by atoms with Gasteiger partial charge in [0.05, 0.1) is 12.1 Å². The molecule has 0 radical (unpaired) electrons. The van der Waals surface area contributed by atoms with E-state index in [1.807, 2.05) is 16.4 Å². The first-order valence-electron chi connectivity index (χ1n) is 8.01. The Hall–Kier alpha value is -1.82. The van der Waals surface area contributed by atoms with Crippen molar-refractivity contribution in [2.24, 2.45) is 5.92 Å². The molecule has 0 spiro atoms. The lowest BCUT2D eigenvalue weighted by atomic mass is 10.0. The van der Waals surface area contributed by atoms with E-state index >= 15 is 0 Å². The quantitative estimate of drug-likeness (QED) is 0.662. The summed E-state index contributed by atoms with van der Waals surface area (Å²) in [7, 11) is 0. The molecule has 2 N–H and O–H groups in total. The number of carbonyl (C=O) groups is 2. The van der Waals surface area contributed by atoms with E-state index in [4.69, 9.17) is 5.21 Å². The number of hydrogen-bond donors (Lipinski definition) is 2. The zero-order chi connectivity index (χ0) is 15.7. The van der Waals surface area contributed by atoms with Crippen molar-refractivity contribution in [3.8, 4) is 0 Å². The van der Waals surface area contributed by atoms with Crippen LogP contribution in [0.3, 0.4) is 0 Å². The Morgan fingerprint density at radius 3 is 2.77 bits per heavy atom. The molecule has 1 aliphatic heterocycles. The van der Waals surface area contributed by atoms with E-state index in [9.17, 15) is 9.59 Å². The summed E-state index contributed by atoms with van der Waals surface area (Å²) < 4.78 is 1.99. The summed E-state index contributed by atoms with van der Waals surface area (Å²) in [5.41, 5.74) is 3.02. The third kappa shape index (κ3) is 2.88. The maximum atomic E-state index is 12.6. The van der Waals surface area contributed by atoms with Crippen LogP contribution in [0.5, 0.6) is 0 Å². The van der Waals surface area contributed by atoms with Crippen LogP contribution in [0.15, 0.2) is 12.3 Å². The van der Waals surface area contributed by atoms with Gasteiger partial charge in [-0.05, 0) is 31.7 Å². The van der Waals surface area contributed by atoms with Crippen LogP contribution in [0.4, 0.5) is 0 Å². The molecule has 6 heteroatoms. The van der Waals surface area contributed by atoms with Crippen molar-refractivity contribution in [2.45, 2.75) is 58.2 Å². The molecule has 22 heavy (non-hydrogen) atoms. The van der Waals surface area contributed by atoms with Crippen LogP contribution in [-0.2, 0) is 17.9 Å². The molecule has 120 valence electrons. The standard InChI is InChI=1S/C16H23N3O3/c1-11-8-18-9-13(16(21)17-22)7-14(18)10-19(11)15(20)6-12-4-2-3-5-12/h7,9,11-12,22H,2-6,8,10H2,1H3,(H,17,21). The highest BCUT2D eigenvalue weighted by molar-refractivity contribution is 5.93. The number of carbonyl (C=O) groups excluding carboxylic acids is 2. The molecule has 0 bridgehead atoms. The SMILES string of the molecule is CC1Cn2cc(C(=O)NO)cc2CN1C(=O)CC1CCCC1. The number of nitrogens with one attached hydrogen (secondary N) is 1. The smallest absolute Gasteiger partial charge is 0.276 e. The van der Waals surface area contributed by atoms with E-state index in [0.29, 0.717) is 31.0 Å². The van der Waals surface area contributed by atoms with Gasteiger partial charge in [-0.15, -0.1) is 0 Å². The number of fused-ring (bicyclic) bond motifs is 1. The first-order chi connectivity index (χ1) is 10.6. The fourth-order valence-corrected chi connectivity index (χ4v) is 3.67. The van der Waals surface area contributed by atoms with E-state index in [0.717, 1.165) is 5.69 Å². The van der Waals surface area contributed by atoms with E-state index in [1.165, 1.54) is 25.7 Å². The van der Waals surface area contributed by atoms with Gasteiger partial charge in [0, 0.05) is 30.9 Å². The molecule has 1 atom stereocenters. The van der Waals surface area contributed by atoms with Crippen molar-refractivity contribution >= 4 is 11.8 Å². The summed E-state index contributed by atoms with van der Waals surface area (Å²) in [4.78, 5) is 26.0. The molecule has 2 aliphatic rings. The number of amides is 2. The molecule has 0 aromatic carbocycles. The second-order valence-electron chi connectivity index (χ2n) is 6.54. The minimum Gasteiger partial charge on any atom is -0.347 e. The van der Waals surface area contributed by atoms with Crippen molar-refractivity contribution < 1.29 is 14.8 Å². The van der Waals surface area contributed by atoms with E-state index in [-0.39, 0.29) is 11.9 Å². The van der Waals surface area contributed by atoms with Gasteiger partial charge in [0.2, 0.25) is 5.91 Å². The maximum absolute atomic E-state index is 12.6. The summed E-state index contributed by atoms with van der Waals surface area (Å²) in [6.45, 7) is 3.26. The third-order valence-corrected chi connectivity index (χ3v) is 4.93. The predicted molar refractivity (Wildman–Crippen MR) is 80.3 cm³/mol. The Bertz CT molecular complexity index is 575. The van der Waals surface area contributed by atoms with Gasteiger partial charge in [0.15, 0.2) is 0 Å². The fourth-order valence-electron chi connectivity index (χ4n) is 3.67. The summed E-state index contributed by atoms with van der Waals surface area (Å²) >= 11 is 0. The second-order valence-corrected chi connectivity index (χ2v) is 6.54. The van der Waals surface area contributed by atoms with Gasteiger partial charge >= 0.3 is 0 Å². The Morgan fingerprint density at radius 1 is 1.36 bits per heavy atom. The lowest BCUT2D eigenvalue weighted by molar-refractivity contribution is -0.136. The average molecular weight is 305 g/mol. The predicted octanol–water partition coefficient (Wildman–Crippen LogP) is 1.92. The lowest BCUT2D eigenvalue weighted by Crippen LogP contribution is -2.44. The highest BCUT2D eigenvalue weighted by atomic mass is 16.5. The summed E-state index contributed by atoms with van der Waals surface area (Å²) in [5.74, 6) is 0.252. The summed E-state index contributed by atoms with van der Waals surface area (Å²) in [6.07, 6.45) is 7.22. The van der Waals surface area contributed by atoms with E-state index in [2.05, 4.69) is 0 Å². The van der Waals surface area contributed by atoms with Crippen LogP contribution < -0.4 is 5.48 Å². The highest BCUT2D eigenvalue weighted by Gasteiger charge is 2.29. The molecule has 2 heterocycles. The molecule has 1 aromatic rings. The van der Waals surface area contributed by atoms with E-state index < -0.39 is 5.91 Å². The van der Waals surface area contributed by atoms with E-state index in [1.54, 1.807) is 17.7 Å². The van der Waals surface area contributed by atoms with Crippen LogP contribution >= 0.6 is 0 Å². The van der Waals surface area contributed by atoms with Crippen molar-refractivity contribution in [3.05, 3.63) is 23.5 Å². The number of rotatable bonds is 3. The van der Waals surface area contributed by atoms with Crippen molar-refractivity contribution in [1.29, 1.82) is 0 Å². The molecule has 0 saturated heterocycles. The number of aromatic nitrogens is 1. The molecule has 6 nitrogen and oxygen atoms in total. The first-order valence-corrected chi connectivity index (χ1v) is 8.01. The molecular weight excluding hydrogens is 282 g/mol. The summed E-state index contributed by atoms with van der Waals surface area (Å²) in [6, 6.07) is 1.87. The Balaban J connectivity index is 1.71. The highest BCUT2D eigenvalue weighted by Crippen LogP contribution is 2.29. The van der Waals surface area contributed by atoms with Crippen LogP contribution in [-0.4, -0.2) is 32.5 Å². The Labute approximate surface area is 130 Å². The maximum Gasteiger partial charge on any atom is 0.276 e. The van der Waals surface area contributed by atoms with Gasteiger partial charge in [0.1, 0.15) is 0 Å². The van der Waals surface area contributed by atoms with Gasteiger partial charge in [-0.25, -0.2) is 5.48 Å². The summed E-state index contributed by atoms with van der Waals surface area (Å²) in [5, 5.41) is 8.73. The van der Waals surface area contributed by atoms with Gasteiger partial charge in [-0.3, -0.25) is 14.8 Å². The second kappa shape index (κ2) is 6.12. The van der Waals surface area contributed by atoms with Crippen LogP contribution in [0, 0.1) is 5.92 Å². The minimum absolute atomic E-state index is 0.124. The minimum atomic E-state index is -0.515. The zero-order valence-electron chi connectivity index (χ0n) is 12.9.